The highest BCUT2D eigenvalue weighted by atomic mass is 19.1. The molecule has 212 valence electrons. The monoisotopic (exact) mass is 551 g/mol. The maximum Gasteiger partial charge on any atom is 0.335 e. The molecule has 0 saturated carbocycles. The standard InChI is InChI=1S/C24H30FN5O9/c1-2-6-15(29-17(31)7-4-3-5-10-27-30-26)22(35)28-14-8-9-16(13(11-14)12-25)38-24-20(34)18(32)19(33)21(39-24)23(36)37/h1,8-9,11,15,18-21,24,32-34H,3-7,10,12H2,(H,28,35)(H,29,31)(H,36,37)/t15?,18-,19-,20+,21-,24+/m1/s1. The summed E-state index contributed by atoms with van der Waals surface area (Å²) in [5.41, 5.74) is 8.25. The molecule has 1 aliphatic heterocycles. The van der Waals surface area contributed by atoms with Crippen molar-refractivity contribution in [3.63, 3.8) is 0 Å². The SMILES string of the molecule is C#CCC(NC(=O)CCCCCN=[N+]=[N-])C(=O)Nc1ccc(O[C@H]2O[C@@H](C(=O)O)[C@H](O)[C@@H](O)[C@@H]2O)c(CF)c1. The van der Waals surface area contributed by atoms with Gasteiger partial charge in [0, 0.05) is 35.5 Å². The molecule has 1 aliphatic rings. The van der Waals surface area contributed by atoms with Gasteiger partial charge in [0.05, 0.1) is 0 Å². The van der Waals surface area contributed by atoms with Crippen LogP contribution < -0.4 is 15.4 Å². The molecule has 0 aromatic heterocycles. The van der Waals surface area contributed by atoms with Gasteiger partial charge in [-0.3, -0.25) is 9.59 Å². The van der Waals surface area contributed by atoms with E-state index in [0.717, 1.165) is 0 Å². The molecule has 1 aromatic rings. The maximum atomic E-state index is 13.8. The molecule has 1 heterocycles. The molecule has 15 heteroatoms. The summed E-state index contributed by atoms with van der Waals surface area (Å²) in [6.07, 6.45) is -2.18. The predicted molar refractivity (Wildman–Crippen MR) is 133 cm³/mol. The summed E-state index contributed by atoms with van der Waals surface area (Å²) >= 11 is 0. The first-order chi connectivity index (χ1) is 18.6. The number of carboxylic acid groups (broad SMARTS) is 1. The van der Waals surface area contributed by atoms with Gasteiger partial charge in [-0.1, -0.05) is 11.5 Å². The molecule has 0 bridgehead atoms. The number of nitrogens with zero attached hydrogens (tertiary/aromatic N) is 3. The fraction of sp³-hybridized carbons (Fsp3) is 0.542. The zero-order valence-corrected chi connectivity index (χ0v) is 20.8. The van der Waals surface area contributed by atoms with Crippen molar-refractivity contribution in [2.75, 3.05) is 11.9 Å². The second-order valence-corrected chi connectivity index (χ2v) is 8.59. The lowest BCUT2D eigenvalue weighted by Gasteiger charge is -2.38. The molecule has 1 unspecified atom stereocenters. The van der Waals surface area contributed by atoms with Crippen LogP contribution in [0.2, 0.25) is 0 Å². The molecule has 1 saturated heterocycles. The Kier molecular flexibility index (Phi) is 12.4. The van der Waals surface area contributed by atoms with E-state index in [1.807, 2.05) is 0 Å². The van der Waals surface area contributed by atoms with Crippen LogP contribution in [-0.2, 0) is 25.8 Å². The minimum absolute atomic E-state index is 0.110. The number of carbonyl (C=O) groups excluding carboxylic acids is 2. The molecule has 0 spiro atoms. The number of benzene rings is 1. The van der Waals surface area contributed by atoms with E-state index in [4.69, 9.17) is 26.5 Å². The lowest BCUT2D eigenvalue weighted by Crippen LogP contribution is -2.61. The Morgan fingerprint density at radius 2 is 1.95 bits per heavy atom. The van der Waals surface area contributed by atoms with Gasteiger partial charge in [-0.15, -0.1) is 12.3 Å². The van der Waals surface area contributed by atoms with E-state index in [-0.39, 0.29) is 29.8 Å². The first kappa shape index (κ1) is 31.3. The van der Waals surface area contributed by atoms with E-state index in [1.165, 1.54) is 18.2 Å². The van der Waals surface area contributed by atoms with E-state index < -0.39 is 61.2 Å². The number of nitrogens with one attached hydrogen (secondary N) is 2. The van der Waals surface area contributed by atoms with Gasteiger partial charge in [-0.25, -0.2) is 9.18 Å². The van der Waals surface area contributed by atoms with Crippen LogP contribution in [-0.4, -0.2) is 81.5 Å². The van der Waals surface area contributed by atoms with Gasteiger partial charge in [0.1, 0.15) is 36.8 Å². The average molecular weight is 552 g/mol. The minimum Gasteiger partial charge on any atom is -0.479 e. The maximum absolute atomic E-state index is 13.8. The largest absolute Gasteiger partial charge is 0.479 e. The van der Waals surface area contributed by atoms with Crippen LogP contribution in [0.25, 0.3) is 10.4 Å². The third-order valence-corrected chi connectivity index (χ3v) is 5.73. The highest BCUT2D eigenvalue weighted by Crippen LogP contribution is 2.29. The summed E-state index contributed by atoms with van der Waals surface area (Å²) in [6, 6.07) is 2.68. The van der Waals surface area contributed by atoms with Crippen molar-refractivity contribution in [2.45, 2.75) is 75.5 Å². The number of alkyl halides is 1. The average Bonchev–Trinajstić information content (AvgIpc) is 2.91. The third kappa shape index (κ3) is 9.10. The number of aliphatic hydroxyl groups excluding tert-OH is 3. The van der Waals surface area contributed by atoms with Gasteiger partial charge in [0.15, 0.2) is 6.10 Å². The number of halogens is 1. The molecule has 2 rings (SSSR count). The number of unbranched alkanes of at least 4 members (excludes halogenated alkanes) is 2. The van der Waals surface area contributed by atoms with Crippen molar-refractivity contribution in [3.8, 4) is 18.1 Å². The lowest BCUT2D eigenvalue weighted by atomic mass is 9.99. The summed E-state index contributed by atoms with van der Waals surface area (Å²) in [5, 5.41) is 47.5. The van der Waals surface area contributed by atoms with Gasteiger partial charge < -0.3 is 40.5 Å². The Morgan fingerprint density at radius 3 is 2.59 bits per heavy atom. The Hall–Kier alpha value is -3.93. The number of terminal acetylenes is 1. The van der Waals surface area contributed by atoms with Crippen LogP contribution in [0.15, 0.2) is 23.3 Å². The molecule has 14 nitrogen and oxygen atoms in total. The molecular formula is C24H30FN5O9. The van der Waals surface area contributed by atoms with Crippen molar-refractivity contribution in [2.24, 2.45) is 5.11 Å². The first-order valence-corrected chi connectivity index (χ1v) is 12.0. The van der Waals surface area contributed by atoms with E-state index in [1.54, 1.807) is 0 Å². The van der Waals surface area contributed by atoms with E-state index in [9.17, 15) is 34.1 Å². The molecule has 0 aliphatic carbocycles. The predicted octanol–water partition coefficient (Wildman–Crippen LogP) is 0.744. The summed E-state index contributed by atoms with van der Waals surface area (Å²) in [4.78, 5) is 38.9. The van der Waals surface area contributed by atoms with E-state index in [2.05, 4.69) is 26.6 Å². The Balaban J connectivity index is 2.03. The van der Waals surface area contributed by atoms with Crippen LogP contribution in [0.4, 0.5) is 10.1 Å². The van der Waals surface area contributed by atoms with Gasteiger partial charge in [0.25, 0.3) is 0 Å². The number of carboxylic acids is 1. The third-order valence-electron chi connectivity index (χ3n) is 5.73. The number of amides is 2. The molecule has 39 heavy (non-hydrogen) atoms. The van der Waals surface area contributed by atoms with E-state index in [0.29, 0.717) is 25.8 Å². The number of azide groups is 1. The first-order valence-electron chi connectivity index (χ1n) is 12.0. The van der Waals surface area contributed by atoms with Crippen molar-refractivity contribution in [1.29, 1.82) is 0 Å². The molecule has 0 radical (unpaired) electrons. The van der Waals surface area contributed by atoms with E-state index >= 15 is 0 Å². The number of aliphatic carboxylic acids is 1. The molecular weight excluding hydrogens is 521 g/mol. The van der Waals surface area contributed by atoms with Crippen LogP contribution >= 0.6 is 0 Å². The molecule has 6 N–H and O–H groups in total. The Bertz CT molecular complexity index is 1110. The summed E-state index contributed by atoms with van der Waals surface area (Å²) in [6.45, 7) is -0.771. The Morgan fingerprint density at radius 1 is 1.21 bits per heavy atom. The number of hydrogen-bond acceptors (Lipinski definition) is 9. The topological polar surface area (TPSA) is 223 Å². The van der Waals surface area contributed by atoms with Gasteiger partial charge in [0.2, 0.25) is 18.1 Å². The number of anilines is 1. The fourth-order valence-electron chi connectivity index (χ4n) is 3.66. The number of aliphatic hydroxyl groups is 3. The minimum atomic E-state index is -1.92. The fourth-order valence-corrected chi connectivity index (χ4v) is 3.66. The lowest BCUT2D eigenvalue weighted by molar-refractivity contribution is -0.271. The summed E-state index contributed by atoms with van der Waals surface area (Å²) < 4.78 is 24.2. The number of hydrogen-bond donors (Lipinski definition) is 6. The normalized spacial score (nSPS) is 23.0. The quantitative estimate of drug-likeness (QED) is 0.0630. The van der Waals surface area contributed by atoms with Crippen molar-refractivity contribution < 1.29 is 48.7 Å². The highest BCUT2D eigenvalue weighted by molar-refractivity contribution is 5.97. The summed E-state index contributed by atoms with van der Waals surface area (Å²) in [7, 11) is 0. The smallest absolute Gasteiger partial charge is 0.335 e. The number of ether oxygens (including phenoxy) is 2. The number of carbonyl (C=O) groups is 3. The second-order valence-electron chi connectivity index (χ2n) is 8.59. The molecule has 1 aromatic carbocycles. The molecule has 2 amide bonds. The van der Waals surface area contributed by atoms with Crippen LogP contribution in [0.3, 0.4) is 0 Å². The molecule has 1 fully saturated rings. The zero-order chi connectivity index (χ0) is 28.9. The highest BCUT2D eigenvalue weighted by Gasteiger charge is 2.48. The van der Waals surface area contributed by atoms with Crippen molar-refractivity contribution in [3.05, 3.63) is 34.2 Å². The van der Waals surface area contributed by atoms with Gasteiger partial charge in [-0.2, -0.15) is 0 Å². The second kappa shape index (κ2) is 15.5. The van der Waals surface area contributed by atoms with Crippen molar-refractivity contribution >= 4 is 23.5 Å². The summed E-state index contributed by atoms with van der Waals surface area (Å²) in [5.74, 6) is -0.535. The molecule has 6 atom stereocenters. The van der Waals surface area contributed by atoms with Crippen LogP contribution in [0.1, 0.15) is 37.7 Å². The van der Waals surface area contributed by atoms with Crippen LogP contribution in [0, 0.1) is 12.3 Å². The number of rotatable bonds is 14. The van der Waals surface area contributed by atoms with Crippen molar-refractivity contribution in [1.82, 2.24) is 5.32 Å². The zero-order valence-electron chi connectivity index (χ0n) is 20.8. The van der Waals surface area contributed by atoms with Crippen LogP contribution in [0.5, 0.6) is 5.75 Å². The van der Waals surface area contributed by atoms with Gasteiger partial charge in [-0.05, 0) is 36.6 Å². The van der Waals surface area contributed by atoms with Gasteiger partial charge >= 0.3 is 5.97 Å². The Labute approximate surface area is 222 Å².